The maximum absolute atomic E-state index is 13.0. The summed E-state index contributed by atoms with van der Waals surface area (Å²) in [5.41, 5.74) is 0.642. The first-order valence-electron chi connectivity index (χ1n) is 6.00. The fraction of sp³-hybridized carbons (Fsp3) is 0.462. The van der Waals surface area contributed by atoms with E-state index in [4.69, 9.17) is 22.0 Å². The predicted molar refractivity (Wildman–Crippen MR) is 67.4 cm³/mol. The van der Waals surface area contributed by atoms with Crippen LogP contribution in [0.5, 0.6) is 0 Å². The SMILES string of the molecule is N#Cc1ccc(C2C[C@@H](CO)N[C@H]2C(F)(F)F)cc1Cl. The Balaban J connectivity index is 2.34. The molecule has 1 aromatic rings. The maximum atomic E-state index is 13.0. The smallest absolute Gasteiger partial charge is 0.395 e. The van der Waals surface area contributed by atoms with Crippen LogP contribution in [0.15, 0.2) is 18.2 Å². The third kappa shape index (κ3) is 2.90. The van der Waals surface area contributed by atoms with Crippen LogP contribution in [0, 0.1) is 11.3 Å². The first-order chi connectivity index (χ1) is 9.36. The molecule has 0 bridgehead atoms. The Hall–Kier alpha value is -1.29. The summed E-state index contributed by atoms with van der Waals surface area (Å²) in [6, 6.07) is 3.84. The van der Waals surface area contributed by atoms with Crippen molar-refractivity contribution in [3.05, 3.63) is 34.3 Å². The number of nitrogens with zero attached hydrogens (tertiary/aromatic N) is 1. The number of rotatable bonds is 2. The number of benzene rings is 1. The second-order valence-corrected chi connectivity index (χ2v) is 5.17. The summed E-state index contributed by atoms with van der Waals surface area (Å²) in [6.07, 6.45) is -4.24. The molecule has 20 heavy (non-hydrogen) atoms. The number of halogens is 4. The normalized spacial score (nSPS) is 26.5. The molecule has 0 saturated carbocycles. The van der Waals surface area contributed by atoms with Gasteiger partial charge in [-0.15, -0.1) is 0 Å². The van der Waals surface area contributed by atoms with Crippen molar-refractivity contribution in [3.63, 3.8) is 0 Å². The molecule has 108 valence electrons. The molecule has 1 heterocycles. The summed E-state index contributed by atoms with van der Waals surface area (Å²) in [7, 11) is 0. The van der Waals surface area contributed by atoms with Crippen molar-refractivity contribution in [3.8, 4) is 6.07 Å². The molecule has 1 unspecified atom stereocenters. The number of hydrogen-bond acceptors (Lipinski definition) is 3. The van der Waals surface area contributed by atoms with E-state index in [1.54, 1.807) is 0 Å². The lowest BCUT2D eigenvalue weighted by molar-refractivity contribution is -0.156. The Morgan fingerprint density at radius 1 is 1.45 bits per heavy atom. The van der Waals surface area contributed by atoms with E-state index < -0.39 is 24.2 Å². The molecule has 3 atom stereocenters. The van der Waals surface area contributed by atoms with Crippen molar-refractivity contribution in [1.29, 1.82) is 5.26 Å². The number of alkyl halides is 3. The number of hydrogen-bond donors (Lipinski definition) is 2. The Labute approximate surface area is 119 Å². The highest BCUT2D eigenvalue weighted by Crippen LogP contribution is 2.40. The summed E-state index contributed by atoms with van der Waals surface area (Å²) < 4.78 is 39.1. The molecule has 1 aliphatic heterocycles. The summed E-state index contributed by atoms with van der Waals surface area (Å²) in [5.74, 6) is -0.822. The predicted octanol–water partition coefficient (Wildman–Crippen LogP) is 2.58. The third-order valence-electron chi connectivity index (χ3n) is 3.47. The largest absolute Gasteiger partial charge is 0.404 e. The van der Waals surface area contributed by atoms with E-state index >= 15 is 0 Å². The molecule has 0 aromatic heterocycles. The van der Waals surface area contributed by atoms with E-state index in [1.165, 1.54) is 18.2 Å². The van der Waals surface area contributed by atoms with E-state index in [0.29, 0.717) is 5.56 Å². The van der Waals surface area contributed by atoms with Gasteiger partial charge < -0.3 is 10.4 Å². The van der Waals surface area contributed by atoms with Gasteiger partial charge in [0.2, 0.25) is 0 Å². The topological polar surface area (TPSA) is 56.0 Å². The van der Waals surface area contributed by atoms with Crippen LogP contribution in [-0.2, 0) is 0 Å². The van der Waals surface area contributed by atoms with Crippen LogP contribution in [0.1, 0.15) is 23.5 Å². The highest BCUT2D eigenvalue weighted by molar-refractivity contribution is 6.31. The molecule has 0 aliphatic carbocycles. The highest BCUT2D eigenvalue weighted by Gasteiger charge is 2.50. The summed E-state index contributed by atoms with van der Waals surface area (Å²) >= 11 is 5.87. The summed E-state index contributed by atoms with van der Waals surface area (Å²) in [4.78, 5) is 0. The van der Waals surface area contributed by atoms with Crippen LogP contribution in [0.3, 0.4) is 0 Å². The molecular weight excluding hydrogens is 293 g/mol. The number of nitrogens with one attached hydrogen (secondary N) is 1. The number of nitriles is 1. The summed E-state index contributed by atoms with van der Waals surface area (Å²) in [5, 5.41) is 20.4. The molecule has 3 nitrogen and oxygen atoms in total. The van der Waals surface area contributed by atoms with E-state index in [1.807, 2.05) is 6.07 Å². The van der Waals surface area contributed by atoms with Crippen LogP contribution in [0.4, 0.5) is 13.2 Å². The minimum Gasteiger partial charge on any atom is -0.395 e. The van der Waals surface area contributed by atoms with E-state index in [2.05, 4.69) is 5.32 Å². The molecule has 2 N–H and O–H groups in total. The van der Waals surface area contributed by atoms with Gasteiger partial charge >= 0.3 is 6.18 Å². The molecule has 1 fully saturated rings. The van der Waals surface area contributed by atoms with E-state index in [9.17, 15) is 13.2 Å². The van der Waals surface area contributed by atoms with E-state index in [-0.39, 0.29) is 23.6 Å². The van der Waals surface area contributed by atoms with Gasteiger partial charge in [0.05, 0.1) is 17.2 Å². The van der Waals surface area contributed by atoms with Gasteiger partial charge in [0, 0.05) is 12.0 Å². The van der Waals surface area contributed by atoms with Crippen molar-refractivity contribution in [2.45, 2.75) is 30.6 Å². The Morgan fingerprint density at radius 3 is 2.65 bits per heavy atom. The van der Waals surface area contributed by atoms with Gasteiger partial charge in [0.15, 0.2) is 0 Å². The van der Waals surface area contributed by atoms with Gasteiger partial charge in [-0.1, -0.05) is 17.7 Å². The zero-order chi connectivity index (χ0) is 14.9. The van der Waals surface area contributed by atoms with Gasteiger partial charge in [-0.3, -0.25) is 0 Å². The molecule has 0 spiro atoms. The van der Waals surface area contributed by atoms with Crippen molar-refractivity contribution in [2.24, 2.45) is 0 Å². The summed E-state index contributed by atoms with van der Waals surface area (Å²) in [6.45, 7) is -0.354. The maximum Gasteiger partial charge on any atom is 0.404 e. The highest BCUT2D eigenvalue weighted by atomic mass is 35.5. The van der Waals surface area contributed by atoms with Gasteiger partial charge in [-0.2, -0.15) is 18.4 Å². The standard InChI is InChI=1S/C13H12ClF3N2O/c14-11-3-7(1-2-8(11)5-18)10-4-9(6-20)19-12(10)13(15,16)17/h1-3,9-10,12,19-20H,4,6H2/t9-,10?,12+/m0/s1. The Kier molecular flexibility index (Phi) is 4.23. The second kappa shape index (κ2) is 5.60. The quantitative estimate of drug-likeness (QED) is 0.883. The molecule has 7 heteroatoms. The van der Waals surface area contributed by atoms with Gasteiger partial charge in [0.25, 0.3) is 0 Å². The lowest BCUT2D eigenvalue weighted by Crippen LogP contribution is -2.43. The lowest BCUT2D eigenvalue weighted by atomic mass is 9.90. The van der Waals surface area contributed by atoms with Gasteiger partial charge in [-0.05, 0) is 24.1 Å². The Bertz CT molecular complexity index is 541. The molecule has 0 amide bonds. The zero-order valence-corrected chi connectivity index (χ0v) is 11.0. The molecule has 2 rings (SSSR count). The average Bonchev–Trinajstić information content (AvgIpc) is 2.82. The molecule has 1 aliphatic rings. The van der Waals surface area contributed by atoms with Gasteiger partial charge in [-0.25, -0.2) is 0 Å². The average molecular weight is 305 g/mol. The van der Waals surface area contributed by atoms with E-state index in [0.717, 1.165) is 0 Å². The van der Waals surface area contributed by atoms with Crippen molar-refractivity contribution in [2.75, 3.05) is 6.61 Å². The minimum atomic E-state index is -4.41. The number of aliphatic hydroxyl groups excluding tert-OH is 1. The van der Waals surface area contributed by atoms with Crippen LogP contribution in [0.2, 0.25) is 5.02 Å². The van der Waals surface area contributed by atoms with Crippen LogP contribution >= 0.6 is 11.6 Å². The third-order valence-corrected chi connectivity index (χ3v) is 3.78. The first kappa shape index (κ1) is 15.1. The minimum absolute atomic E-state index is 0.137. The molecule has 1 saturated heterocycles. The van der Waals surface area contributed by atoms with Crippen molar-refractivity contribution >= 4 is 11.6 Å². The lowest BCUT2D eigenvalue weighted by Gasteiger charge is -2.22. The molecule has 1 aromatic carbocycles. The first-order valence-corrected chi connectivity index (χ1v) is 6.37. The fourth-order valence-electron chi connectivity index (χ4n) is 2.51. The zero-order valence-electron chi connectivity index (χ0n) is 10.3. The van der Waals surface area contributed by atoms with Gasteiger partial charge in [0.1, 0.15) is 12.1 Å². The number of aliphatic hydroxyl groups is 1. The Morgan fingerprint density at radius 2 is 2.15 bits per heavy atom. The van der Waals surface area contributed by atoms with Crippen molar-refractivity contribution in [1.82, 2.24) is 5.32 Å². The fourth-order valence-corrected chi connectivity index (χ4v) is 2.74. The monoisotopic (exact) mass is 304 g/mol. The molecule has 0 radical (unpaired) electrons. The van der Waals surface area contributed by atoms with Crippen LogP contribution < -0.4 is 5.32 Å². The van der Waals surface area contributed by atoms with Crippen LogP contribution in [0.25, 0.3) is 0 Å². The molecular formula is C13H12ClF3N2O. The second-order valence-electron chi connectivity index (χ2n) is 4.76. The van der Waals surface area contributed by atoms with Crippen molar-refractivity contribution < 1.29 is 18.3 Å². The van der Waals surface area contributed by atoms with Crippen LogP contribution in [-0.4, -0.2) is 30.0 Å².